The molecule has 82 valence electrons. The SMILES string of the molecule is Nc1nsc(NC2Cc3ccccc3C2)n1. The maximum atomic E-state index is 5.49. The van der Waals surface area contributed by atoms with Gasteiger partial charge in [0.2, 0.25) is 11.1 Å². The highest BCUT2D eigenvalue weighted by atomic mass is 32.1. The summed E-state index contributed by atoms with van der Waals surface area (Å²) in [5.41, 5.74) is 8.34. The van der Waals surface area contributed by atoms with Crippen LogP contribution < -0.4 is 11.1 Å². The van der Waals surface area contributed by atoms with Gasteiger partial charge in [0.15, 0.2) is 0 Å². The third kappa shape index (κ3) is 1.74. The molecule has 3 rings (SSSR count). The molecule has 0 unspecified atom stereocenters. The van der Waals surface area contributed by atoms with Gasteiger partial charge in [-0.1, -0.05) is 24.3 Å². The molecule has 0 saturated carbocycles. The largest absolute Gasteiger partial charge is 0.367 e. The van der Waals surface area contributed by atoms with Crippen LogP contribution in [0.25, 0.3) is 0 Å². The maximum absolute atomic E-state index is 5.49. The van der Waals surface area contributed by atoms with Crippen molar-refractivity contribution in [2.75, 3.05) is 11.1 Å². The zero-order valence-corrected chi connectivity index (χ0v) is 9.50. The van der Waals surface area contributed by atoms with Crippen LogP contribution in [0.5, 0.6) is 0 Å². The number of nitrogens with zero attached hydrogens (tertiary/aromatic N) is 2. The van der Waals surface area contributed by atoms with E-state index in [-0.39, 0.29) is 0 Å². The molecular formula is C11H12N4S. The highest BCUT2D eigenvalue weighted by molar-refractivity contribution is 7.09. The van der Waals surface area contributed by atoms with Crippen molar-refractivity contribution in [3.63, 3.8) is 0 Å². The lowest BCUT2D eigenvalue weighted by molar-refractivity contribution is 0.773. The second kappa shape index (κ2) is 3.75. The number of nitrogens with one attached hydrogen (secondary N) is 1. The molecule has 1 aromatic heterocycles. The Morgan fingerprint density at radius 1 is 1.25 bits per heavy atom. The quantitative estimate of drug-likeness (QED) is 0.827. The number of anilines is 2. The van der Waals surface area contributed by atoms with E-state index in [1.165, 1.54) is 22.7 Å². The Bertz CT molecular complexity index is 483. The fraction of sp³-hybridized carbons (Fsp3) is 0.273. The van der Waals surface area contributed by atoms with Crippen LogP contribution in [-0.2, 0) is 12.8 Å². The van der Waals surface area contributed by atoms with Gasteiger partial charge in [0, 0.05) is 17.6 Å². The molecule has 0 spiro atoms. The van der Waals surface area contributed by atoms with Crippen LogP contribution in [0.15, 0.2) is 24.3 Å². The van der Waals surface area contributed by atoms with Gasteiger partial charge in [-0.2, -0.15) is 9.36 Å². The van der Waals surface area contributed by atoms with Gasteiger partial charge in [-0.25, -0.2) is 0 Å². The molecule has 0 bridgehead atoms. The van der Waals surface area contributed by atoms with Crippen molar-refractivity contribution in [3.05, 3.63) is 35.4 Å². The average molecular weight is 232 g/mol. The average Bonchev–Trinajstić information content (AvgIpc) is 2.84. The van der Waals surface area contributed by atoms with Crippen molar-refractivity contribution in [2.45, 2.75) is 18.9 Å². The van der Waals surface area contributed by atoms with E-state index in [1.54, 1.807) is 0 Å². The van der Waals surface area contributed by atoms with E-state index in [4.69, 9.17) is 5.73 Å². The minimum atomic E-state index is 0.350. The van der Waals surface area contributed by atoms with Crippen LogP contribution in [0.4, 0.5) is 11.1 Å². The van der Waals surface area contributed by atoms with E-state index in [0.717, 1.165) is 18.0 Å². The van der Waals surface area contributed by atoms with E-state index in [0.29, 0.717) is 12.0 Å². The topological polar surface area (TPSA) is 63.8 Å². The summed E-state index contributed by atoms with van der Waals surface area (Å²) in [6, 6.07) is 8.97. The highest BCUT2D eigenvalue weighted by Crippen LogP contribution is 2.25. The first-order chi connectivity index (χ1) is 7.81. The Morgan fingerprint density at radius 2 is 1.94 bits per heavy atom. The van der Waals surface area contributed by atoms with Gasteiger partial charge < -0.3 is 11.1 Å². The zero-order chi connectivity index (χ0) is 11.0. The van der Waals surface area contributed by atoms with Crippen LogP contribution in [0.2, 0.25) is 0 Å². The van der Waals surface area contributed by atoms with Crippen LogP contribution in [0.3, 0.4) is 0 Å². The van der Waals surface area contributed by atoms with Gasteiger partial charge in [0.1, 0.15) is 0 Å². The molecule has 0 amide bonds. The molecule has 0 fully saturated rings. The number of aromatic nitrogens is 2. The van der Waals surface area contributed by atoms with E-state index in [2.05, 4.69) is 38.9 Å². The van der Waals surface area contributed by atoms with Crippen LogP contribution in [-0.4, -0.2) is 15.4 Å². The van der Waals surface area contributed by atoms with E-state index < -0.39 is 0 Å². The molecule has 1 aromatic carbocycles. The fourth-order valence-electron chi connectivity index (χ4n) is 2.13. The Hall–Kier alpha value is -1.62. The van der Waals surface area contributed by atoms with Gasteiger partial charge >= 0.3 is 0 Å². The summed E-state index contributed by atoms with van der Waals surface area (Å²) < 4.78 is 3.95. The number of hydrogen-bond donors (Lipinski definition) is 2. The number of fused-ring (bicyclic) bond motifs is 1. The monoisotopic (exact) mass is 232 g/mol. The van der Waals surface area contributed by atoms with Gasteiger partial charge in [0.05, 0.1) is 0 Å². The molecule has 3 N–H and O–H groups in total. The molecule has 5 heteroatoms. The van der Waals surface area contributed by atoms with Crippen molar-refractivity contribution >= 4 is 22.6 Å². The first-order valence-corrected chi connectivity index (χ1v) is 6.01. The molecule has 0 saturated heterocycles. The van der Waals surface area contributed by atoms with E-state index in [9.17, 15) is 0 Å². The van der Waals surface area contributed by atoms with Crippen LogP contribution >= 0.6 is 11.5 Å². The standard InChI is InChI=1S/C11H12N4S/c12-10-14-11(16-15-10)13-9-5-7-3-1-2-4-8(7)6-9/h1-4,9H,5-6H2,(H3,12,13,14,15). The first kappa shape index (κ1) is 9.59. The van der Waals surface area contributed by atoms with Crippen molar-refractivity contribution in [1.29, 1.82) is 0 Å². The minimum absolute atomic E-state index is 0.350. The molecule has 1 aliphatic rings. The zero-order valence-electron chi connectivity index (χ0n) is 8.68. The minimum Gasteiger partial charge on any atom is -0.367 e. The second-order valence-corrected chi connectivity index (χ2v) is 4.73. The van der Waals surface area contributed by atoms with Crippen LogP contribution in [0, 0.1) is 0 Å². The van der Waals surface area contributed by atoms with Gasteiger partial charge in [-0.15, -0.1) is 0 Å². The number of nitrogens with two attached hydrogens (primary N) is 1. The molecule has 0 atom stereocenters. The number of nitrogen functional groups attached to an aromatic ring is 1. The Balaban J connectivity index is 1.72. The number of hydrogen-bond acceptors (Lipinski definition) is 5. The summed E-state index contributed by atoms with van der Waals surface area (Å²) in [6.07, 6.45) is 2.10. The summed E-state index contributed by atoms with van der Waals surface area (Å²) >= 11 is 1.32. The molecule has 0 aliphatic heterocycles. The summed E-state index contributed by atoms with van der Waals surface area (Å²) in [6.45, 7) is 0. The molecular weight excluding hydrogens is 220 g/mol. The summed E-state index contributed by atoms with van der Waals surface area (Å²) in [5.74, 6) is 0.350. The molecule has 2 aromatic rings. The summed E-state index contributed by atoms with van der Waals surface area (Å²) in [4.78, 5) is 4.11. The third-order valence-corrected chi connectivity index (χ3v) is 3.48. The molecule has 1 heterocycles. The van der Waals surface area contributed by atoms with Crippen LogP contribution in [0.1, 0.15) is 11.1 Å². The lowest BCUT2D eigenvalue weighted by Gasteiger charge is -2.09. The predicted molar refractivity (Wildman–Crippen MR) is 65.6 cm³/mol. The third-order valence-electron chi connectivity index (χ3n) is 2.82. The fourth-order valence-corrected chi connectivity index (χ4v) is 2.70. The van der Waals surface area contributed by atoms with Gasteiger partial charge in [-0.3, -0.25) is 0 Å². The Kier molecular flexibility index (Phi) is 2.25. The Labute approximate surface area is 97.7 Å². The smallest absolute Gasteiger partial charge is 0.233 e. The predicted octanol–water partition coefficient (Wildman–Crippen LogP) is 1.70. The molecule has 16 heavy (non-hydrogen) atoms. The lowest BCUT2D eigenvalue weighted by atomic mass is 10.1. The van der Waals surface area contributed by atoms with Gasteiger partial charge in [0.25, 0.3) is 0 Å². The normalized spacial score (nSPS) is 15.0. The lowest BCUT2D eigenvalue weighted by Crippen LogP contribution is -2.19. The van der Waals surface area contributed by atoms with Crippen molar-refractivity contribution < 1.29 is 0 Å². The molecule has 1 aliphatic carbocycles. The van der Waals surface area contributed by atoms with Crippen molar-refractivity contribution in [3.8, 4) is 0 Å². The van der Waals surface area contributed by atoms with Crippen molar-refractivity contribution in [1.82, 2.24) is 9.36 Å². The maximum Gasteiger partial charge on any atom is 0.233 e. The van der Waals surface area contributed by atoms with E-state index in [1.807, 2.05) is 0 Å². The first-order valence-electron chi connectivity index (χ1n) is 5.24. The van der Waals surface area contributed by atoms with Crippen molar-refractivity contribution in [2.24, 2.45) is 0 Å². The van der Waals surface area contributed by atoms with Gasteiger partial charge in [-0.05, 0) is 24.0 Å². The number of rotatable bonds is 2. The second-order valence-electron chi connectivity index (χ2n) is 3.98. The summed E-state index contributed by atoms with van der Waals surface area (Å²) in [7, 11) is 0. The van der Waals surface area contributed by atoms with E-state index >= 15 is 0 Å². The Morgan fingerprint density at radius 3 is 2.50 bits per heavy atom. The number of benzene rings is 1. The summed E-state index contributed by atoms with van der Waals surface area (Å²) in [5, 5.41) is 4.19. The highest BCUT2D eigenvalue weighted by Gasteiger charge is 2.21. The molecule has 0 radical (unpaired) electrons. The molecule has 4 nitrogen and oxygen atoms in total.